The lowest BCUT2D eigenvalue weighted by Crippen LogP contribution is -2.42. The Kier molecular flexibility index (Phi) is 6.18. The van der Waals surface area contributed by atoms with Gasteiger partial charge in [-0.25, -0.2) is 9.59 Å². The molecule has 2 aliphatic heterocycles. The summed E-state index contributed by atoms with van der Waals surface area (Å²) in [6.07, 6.45) is 2.49. The average molecular weight is 498 g/mol. The van der Waals surface area contributed by atoms with Crippen molar-refractivity contribution >= 4 is 12.1 Å². The number of carbonyl (C=O) groups excluding carboxylic acids is 2. The monoisotopic (exact) mass is 497 g/mol. The Morgan fingerprint density at radius 3 is 2.64 bits per heavy atom. The normalized spacial score (nSPS) is 23.2. The summed E-state index contributed by atoms with van der Waals surface area (Å²) in [4.78, 5) is 35.0. The third-order valence-corrected chi connectivity index (χ3v) is 7.29. The van der Waals surface area contributed by atoms with Gasteiger partial charge < -0.3 is 19.0 Å². The molecule has 0 radical (unpaired) electrons. The van der Waals surface area contributed by atoms with Crippen molar-refractivity contribution in [2.45, 2.75) is 77.2 Å². The van der Waals surface area contributed by atoms with Gasteiger partial charge in [-0.2, -0.15) is 5.06 Å². The van der Waals surface area contributed by atoms with E-state index in [-0.39, 0.29) is 29.4 Å². The van der Waals surface area contributed by atoms with Crippen LogP contribution in [0.4, 0.5) is 9.59 Å². The summed E-state index contributed by atoms with van der Waals surface area (Å²) >= 11 is 0. The number of aromatic nitrogens is 2. The summed E-state index contributed by atoms with van der Waals surface area (Å²) < 4.78 is 11.5. The Bertz CT molecular complexity index is 1110. The van der Waals surface area contributed by atoms with Crippen molar-refractivity contribution in [3.05, 3.63) is 47.7 Å². The highest BCUT2D eigenvalue weighted by molar-refractivity contribution is 5.77. The number of nitrogens with zero attached hydrogens (tertiary/aromatic N) is 5. The molecule has 5 rings (SSSR count). The van der Waals surface area contributed by atoms with Crippen LogP contribution in [0, 0.1) is 5.41 Å². The Morgan fingerprint density at radius 1 is 1.25 bits per heavy atom. The van der Waals surface area contributed by atoms with Gasteiger partial charge in [-0.1, -0.05) is 37.3 Å². The van der Waals surface area contributed by atoms with Crippen molar-refractivity contribution in [3.63, 3.8) is 0 Å². The molecule has 3 heterocycles. The molecule has 1 spiro atoms. The van der Waals surface area contributed by atoms with E-state index >= 15 is 0 Å². The minimum atomic E-state index is -0.565. The molecule has 1 aliphatic carbocycles. The van der Waals surface area contributed by atoms with Gasteiger partial charge in [0.25, 0.3) is 0 Å². The Morgan fingerprint density at radius 2 is 1.97 bits per heavy atom. The highest BCUT2D eigenvalue weighted by Gasteiger charge is 2.64. The fraction of sp³-hybridized carbons (Fsp3) is 0.615. The summed E-state index contributed by atoms with van der Waals surface area (Å²) in [5.74, 6) is 0.700. The second-order valence-corrected chi connectivity index (χ2v) is 11.4. The first-order valence-corrected chi connectivity index (χ1v) is 12.6. The van der Waals surface area contributed by atoms with Gasteiger partial charge in [-0.05, 0) is 51.0 Å². The molecular weight excluding hydrogens is 462 g/mol. The molecule has 3 amide bonds. The molecule has 3 atom stereocenters. The lowest BCUT2D eigenvalue weighted by atomic mass is 9.85. The lowest BCUT2D eigenvalue weighted by Gasteiger charge is -2.35. The molecule has 36 heavy (non-hydrogen) atoms. The summed E-state index contributed by atoms with van der Waals surface area (Å²) in [6, 6.07) is 9.47. The standard InChI is InChI=1S/C26H35N5O5/c1-17(14-29(5)24(33)36-25(2,3)4)21-27-28-22(35-21)19-13-26(11-12-26)20-15-30(19)23(32)31(20)34-16-18-9-7-6-8-10-18/h6-10,17,19-20H,11-16H2,1-5H3/t17-,19-,20-/m0/s1. The van der Waals surface area contributed by atoms with Crippen LogP contribution in [0.25, 0.3) is 0 Å². The molecule has 194 valence electrons. The van der Waals surface area contributed by atoms with E-state index < -0.39 is 11.7 Å². The zero-order valence-corrected chi connectivity index (χ0v) is 21.6. The summed E-state index contributed by atoms with van der Waals surface area (Å²) in [5, 5.41) is 10.2. The smallest absolute Gasteiger partial charge is 0.410 e. The van der Waals surface area contributed by atoms with E-state index in [2.05, 4.69) is 10.2 Å². The van der Waals surface area contributed by atoms with Crippen molar-refractivity contribution in [1.82, 2.24) is 25.1 Å². The summed E-state index contributed by atoms with van der Waals surface area (Å²) in [5.41, 5.74) is 0.487. The molecule has 10 nitrogen and oxygen atoms in total. The average Bonchev–Trinajstić information content (AvgIpc) is 3.30. The largest absolute Gasteiger partial charge is 0.444 e. The molecule has 2 aromatic rings. The predicted molar refractivity (Wildman–Crippen MR) is 130 cm³/mol. The summed E-state index contributed by atoms with van der Waals surface area (Å²) in [6.45, 7) is 8.75. The number of hydroxylamine groups is 2. The molecule has 1 aromatic heterocycles. The molecule has 1 aromatic carbocycles. The number of rotatable bonds is 7. The van der Waals surface area contributed by atoms with E-state index in [9.17, 15) is 9.59 Å². The number of hydrogen-bond acceptors (Lipinski definition) is 7. The third-order valence-electron chi connectivity index (χ3n) is 7.29. The van der Waals surface area contributed by atoms with Crippen LogP contribution < -0.4 is 0 Å². The maximum atomic E-state index is 13.4. The minimum Gasteiger partial charge on any atom is -0.444 e. The highest BCUT2D eigenvalue weighted by Crippen LogP contribution is 2.61. The van der Waals surface area contributed by atoms with Crippen molar-refractivity contribution in [2.24, 2.45) is 5.41 Å². The van der Waals surface area contributed by atoms with Crippen LogP contribution in [0.1, 0.15) is 76.3 Å². The maximum Gasteiger partial charge on any atom is 0.410 e. The molecule has 2 saturated heterocycles. The summed E-state index contributed by atoms with van der Waals surface area (Å²) in [7, 11) is 1.69. The molecule has 10 heteroatoms. The number of fused-ring (bicyclic) bond motifs is 3. The number of amides is 3. The van der Waals surface area contributed by atoms with Crippen molar-refractivity contribution in [3.8, 4) is 0 Å². The molecule has 3 aliphatic rings. The second kappa shape index (κ2) is 9.06. The number of ether oxygens (including phenoxy) is 1. The van der Waals surface area contributed by atoms with Gasteiger partial charge in [0.15, 0.2) is 0 Å². The van der Waals surface area contributed by atoms with Gasteiger partial charge in [-0.3, -0.25) is 4.84 Å². The van der Waals surface area contributed by atoms with Crippen LogP contribution in [0.15, 0.2) is 34.7 Å². The minimum absolute atomic E-state index is 0.0290. The van der Waals surface area contributed by atoms with Crippen LogP contribution >= 0.6 is 0 Å². The van der Waals surface area contributed by atoms with Gasteiger partial charge in [0.2, 0.25) is 11.8 Å². The fourth-order valence-corrected chi connectivity index (χ4v) is 5.20. The highest BCUT2D eigenvalue weighted by atomic mass is 16.7. The van der Waals surface area contributed by atoms with Gasteiger partial charge in [0.1, 0.15) is 18.2 Å². The van der Waals surface area contributed by atoms with E-state index in [0.29, 0.717) is 31.5 Å². The maximum absolute atomic E-state index is 13.4. The quantitative estimate of drug-likeness (QED) is 0.555. The first-order valence-electron chi connectivity index (χ1n) is 12.6. The van der Waals surface area contributed by atoms with Crippen molar-refractivity contribution < 1.29 is 23.6 Å². The molecule has 1 saturated carbocycles. The second-order valence-electron chi connectivity index (χ2n) is 11.4. The zero-order valence-electron chi connectivity index (χ0n) is 21.6. The molecule has 3 fully saturated rings. The number of piperidine rings is 1. The Labute approximate surface area is 211 Å². The Balaban J connectivity index is 1.26. The van der Waals surface area contributed by atoms with E-state index in [0.717, 1.165) is 24.8 Å². The number of likely N-dealkylation sites (N-methyl/N-ethyl adjacent to an activating group) is 1. The number of carbonyl (C=O) groups is 2. The Hall–Kier alpha value is -3.14. The van der Waals surface area contributed by atoms with Crippen LogP contribution in [0.3, 0.4) is 0 Å². The molecule has 0 N–H and O–H groups in total. The van der Waals surface area contributed by atoms with E-state index in [1.165, 1.54) is 4.90 Å². The van der Waals surface area contributed by atoms with Gasteiger partial charge in [0.05, 0.1) is 12.0 Å². The van der Waals surface area contributed by atoms with E-state index in [1.807, 2.05) is 58.0 Å². The zero-order chi connectivity index (χ0) is 25.7. The number of urea groups is 1. The van der Waals surface area contributed by atoms with Crippen LogP contribution in [0.5, 0.6) is 0 Å². The van der Waals surface area contributed by atoms with Gasteiger partial charge in [0, 0.05) is 20.1 Å². The molecular formula is C26H35N5O5. The SMILES string of the molecule is C[C@@H](CN(C)C(=O)OC(C)(C)C)c1nnc([C@@H]2CC3(CC3)[C@@H]3CN2C(=O)N3OCc2ccccc2)o1. The van der Waals surface area contributed by atoms with E-state index in [4.69, 9.17) is 14.0 Å². The van der Waals surface area contributed by atoms with Gasteiger partial charge >= 0.3 is 12.1 Å². The van der Waals surface area contributed by atoms with Crippen LogP contribution in [-0.4, -0.2) is 69.0 Å². The first-order chi connectivity index (χ1) is 17.1. The molecule has 2 bridgehead atoms. The predicted octanol–water partition coefficient (Wildman–Crippen LogP) is 4.50. The van der Waals surface area contributed by atoms with Crippen LogP contribution in [0.2, 0.25) is 0 Å². The fourth-order valence-electron chi connectivity index (χ4n) is 5.20. The topological polar surface area (TPSA) is 101 Å². The third kappa shape index (κ3) is 4.78. The lowest BCUT2D eigenvalue weighted by molar-refractivity contribution is -0.153. The molecule has 0 unspecified atom stereocenters. The number of benzene rings is 1. The van der Waals surface area contributed by atoms with Gasteiger partial charge in [-0.15, -0.1) is 10.2 Å². The van der Waals surface area contributed by atoms with E-state index in [1.54, 1.807) is 17.0 Å². The van der Waals surface area contributed by atoms with Crippen molar-refractivity contribution in [1.29, 1.82) is 0 Å². The van der Waals surface area contributed by atoms with Crippen LogP contribution in [-0.2, 0) is 16.2 Å². The number of hydrogen-bond donors (Lipinski definition) is 0. The first kappa shape index (κ1) is 24.5. The van der Waals surface area contributed by atoms with Crippen molar-refractivity contribution in [2.75, 3.05) is 20.1 Å².